The minimum atomic E-state index is -0.144. The Bertz CT molecular complexity index is 1000. The quantitative estimate of drug-likeness (QED) is 0.274. The van der Waals surface area contributed by atoms with E-state index in [0.717, 1.165) is 27.6 Å². The van der Waals surface area contributed by atoms with Crippen molar-refractivity contribution in [1.82, 2.24) is 3.93 Å². The summed E-state index contributed by atoms with van der Waals surface area (Å²) in [7, 11) is 0. The summed E-state index contributed by atoms with van der Waals surface area (Å²) in [6.07, 6.45) is 9.14. The van der Waals surface area contributed by atoms with Crippen molar-refractivity contribution < 1.29 is 9.59 Å². The third-order valence-corrected chi connectivity index (χ3v) is 8.65. The van der Waals surface area contributed by atoms with Crippen LogP contribution in [0.25, 0.3) is 0 Å². The highest BCUT2D eigenvalue weighted by molar-refractivity contribution is 9.10. The predicted octanol–water partition coefficient (Wildman–Crippen LogP) is 6.68. The number of carbonyl (C=O) groups excluding carboxylic acids is 2. The Kier molecular flexibility index (Phi) is 6.09. The number of amides is 2. The number of imide groups is 1. The van der Waals surface area contributed by atoms with E-state index in [9.17, 15) is 9.59 Å². The molecule has 2 aromatic rings. The number of rotatable bonds is 0. The van der Waals surface area contributed by atoms with Crippen LogP contribution >= 0.6 is 32.1 Å². The van der Waals surface area contributed by atoms with Crippen molar-refractivity contribution in [3.05, 3.63) is 69.2 Å². The molecule has 1 saturated heterocycles. The molecular weight excluding hydrogens is 518 g/mol. The van der Waals surface area contributed by atoms with Crippen LogP contribution in [0.4, 0.5) is 0 Å². The number of aryl methyl sites for hydroxylation is 2. The minimum absolute atomic E-state index is 0.144. The zero-order valence-corrected chi connectivity index (χ0v) is 20.7. The highest BCUT2D eigenvalue weighted by Crippen LogP contribution is 2.55. The predicted molar refractivity (Wildman–Crippen MR) is 129 cm³/mol. The van der Waals surface area contributed by atoms with Crippen LogP contribution in [-0.4, -0.2) is 15.7 Å². The van der Waals surface area contributed by atoms with Gasteiger partial charge in [-0.3, -0.25) is 9.59 Å². The maximum absolute atomic E-state index is 10.4. The third kappa shape index (κ3) is 4.68. The van der Waals surface area contributed by atoms with Gasteiger partial charge in [0.15, 0.2) is 0 Å². The molecule has 2 saturated carbocycles. The lowest BCUT2D eigenvalue weighted by Crippen LogP contribution is -2.16. The van der Waals surface area contributed by atoms with Crippen molar-refractivity contribution in [2.75, 3.05) is 0 Å². The fourth-order valence-electron chi connectivity index (χ4n) is 5.39. The first-order valence-corrected chi connectivity index (χ1v) is 12.9. The van der Waals surface area contributed by atoms with Gasteiger partial charge in [-0.1, -0.05) is 46.3 Å². The van der Waals surface area contributed by atoms with Gasteiger partial charge in [-0.05, 0) is 96.6 Å². The molecule has 1 aliphatic heterocycles. The second-order valence-corrected chi connectivity index (χ2v) is 11.0. The van der Waals surface area contributed by atoms with E-state index < -0.39 is 0 Å². The highest BCUT2D eigenvalue weighted by atomic mass is 79.9. The molecule has 0 N–H and O–H groups in total. The highest BCUT2D eigenvalue weighted by Gasteiger charge is 2.42. The van der Waals surface area contributed by atoms with Gasteiger partial charge in [-0.2, -0.15) is 0 Å². The van der Waals surface area contributed by atoms with Crippen LogP contribution in [-0.2, 0) is 22.4 Å². The molecule has 2 amide bonds. The van der Waals surface area contributed by atoms with Crippen LogP contribution < -0.4 is 0 Å². The first-order valence-electron chi connectivity index (χ1n) is 11.4. The molecule has 5 aliphatic rings. The molecule has 162 valence electrons. The lowest BCUT2D eigenvalue weighted by Gasteiger charge is -2.14. The summed E-state index contributed by atoms with van der Waals surface area (Å²) in [5, 5.41) is 0. The third-order valence-electron chi connectivity index (χ3n) is 7.37. The molecule has 0 bridgehead atoms. The van der Waals surface area contributed by atoms with Gasteiger partial charge in [0, 0.05) is 17.3 Å². The van der Waals surface area contributed by atoms with E-state index in [1.807, 2.05) is 0 Å². The monoisotopic (exact) mass is 543 g/mol. The van der Waals surface area contributed by atoms with Crippen molar-refractivity contribution in [1.29, 1.82) is 0 Å². The van der Waals surface area contributed by atoms with Gasteiger partial charge in [-0.15, -0.1) is 0 Å². The summed E-state index contributed by atoms with van der Waals surface area (Å²) < 4.78 is 2.22. The van der Waals surface area contributed by atoms with Gasteiger partial charge < -0.3 is 0 Å². The van der Waals surface area contributed by atoms with E-state index in [1.165, 1.54) is 43.0 Å². The number of hydrogen-bond acceptors (Lipinski definition) is 2. The normalized spacial score (nSPS) is 28.6. The van der Waals surface area contributed by atoms with Gasteiger partial charge in [0.1, 0.15) is 0 Å². The van der Waals surface area contributed by atoms with Gasteiger partial charge in [0.2, 0.25) is 11.8 Å². The van der Waals surface area contributed by atoms with Crippen LogP contribution in [0, 0.1) is 11.8 Å². The summed E-state index contributed by atoms with van der Waals surface area (Å²) in [6, 6.07) is 15.7. The standard InChI is InChI=1S/C11H11Br.C11H12.C4H4BrNO2/c12-9-4-3-7-1-2-8-5-10(8)11(7)6-9;1-2-4-10-8(3-1)5-6-9-7-11(9)10;5-6-3(7)1-2-4(6)8/h3-4,6,8,10H,1-2,5H2;1-4,9,11H,5-7H2;1-2H2. The molecule has 5 heteroatoms. The Balaban J connectivity index is 0.000000101. The molecule has 0 aromatic heterocycles. The van der Waals surface area contributed by atoms with Crippen LogP contribution in [0.15, 0.2) is 46.9 Å². The van der Waals surface area contributed by atoms with Crippen LogP contribution in [0.3, 0.4) is 0 Å². The molecule has 3 nitrogen and oxygen atoms in total. The average molecular weight is 545 g/mol. The summed E-state index contributed by atoms with van der Waals surface area (Å²) in [5.41, 5.74) is 6.49. The van der Waals surface area contributed by atoms with E-state index in [4.69, 9.17) is 0 Å². The molecule has 3 fully saturated rings. The van der Waals surface area contributed by atoms with Gasteiger partial charge >= 0.3 is 0 Å². The largest absolute Gasteiger partial charge is 0.274 e. The average Bonchev–Trinajstić information content (AvgIpc) is 3.70. The summed E-state index contributed by atoms with van der Waals surface area (Å²) in [6.45, 7) is 0. The maximum Gasteiger partial charge on any atom is 0.239 e. The van der Waals surface area contributed by atoms with E-state index in [-0.39, 0.29) is 11.8 Å². The van der Waals surface area contributed by atoms with Crippen LogP contribution in [0.5, 0.6) is 0 Å². The molecule has 4 unspecified atom stereocenters. The van der Waals surface area contributed by atoms with Crippen molar-refractivity contribution in [3.8, 4) is 0 Å². The fourth-order valence-corrected chi connectivity index (χ4v) is 6.12. The lowest BCUT2D eigenvalue weighted by molar-refractivity contribution is -0.131. The van der Waals surface area contributed by atoms with Gasteiger partial charge in [0.05, 0.1) is 16.1 Å². The summed E-state index contributed by atoms with van der Waals surface area (Å²) >= 11 is 6.34. The summed E-state index contributed by atoms with van der Waals surface area (Å²) in [5.74, 6) is 3.69. The van der Waals surface area contributed by atoms with Crippen molar-refractivity contribution in [3.63, 3.8) is 0 Å². The number of halogens is 2. The smallest absolute Gasteiger partial charge is 0.239 e. The van der Waals surface area contributed by atoms with Crippen molar-refractivity contribution in [2.45, 2.75) is 63.2 Å². The second-order valence-electron chi connectivity index (χ2n) is 9.39. The Hall–Kier alpha value is -1.46. The molecule has 2 aromatic carbocycles. The zero-order valence-electron chi connectivity index (χ0n) is 17.5. The molecule has 1 heterocycles. The number of hydrogen-bond donors (Lipinski definition) is 0. The molecule has 0 spiro atoms. The van der Waals surface area contributed by atoms with Crippen LogP contribution in [0.1, 0.15) is 72.6 Å². The first-order chi connectivity index (χ1) is 15.0. The SMILES string of the molecule is Brc1ccc2c(c1)C1CC1CC2.O=C1CCC(=O)N1Br.c1ccc2c(c1)CCC1CC21. The first kappa shape index (κ1) is 21.4. The van der Waals surface area contributed by atoms with Crippen molar-refractivity contribution in [2.24, 2.45) is 11.8 Å². The summed E-state index contributed by atoms with van der Waals surface area (Å²) in [4.78, 5) is 20.9. The van der Waals surface area contributed by atoms with Gasteiger partial charge in [-0.25, -0.2) is 3.93 Å². The number of nitrogens with zero attached hydrogens (tertiary/aromatic N) is 1. The Morgan fingerprint density at radius 2 is 1.32 bits per heavy atom. The molecule has 4 aliphatic carbocycles. The topological polar surface area (TPSA) is 37.4 Å². The Labute approximate surface area is 201 Å². The minimum Gasteiger partial charge on any atom is -0.274 e. The maximum atomic E-state index is 10.4. The van der Waals surface area contributed by atoms with Gasteiger partial charge in [0.25, 0.3) is 0 Å². The van der Waals surface area contributed by atoms with E-state index in [1.54, 1.807) is 22.3 Å². The fraction of sp³-hybridized carbons (Fsp3) is 0.462. The van der Waals surface area contributed by atoms with E-state index >= 15 is 0 Å². The molecular formula is C26H27Br2NO2. The van der Waals surface area contributed by atoms with Crippen molar-refractivity contribution >= 4 is 43.9 Å². The second kappa shape index (κ2) is 8.82. The van der Waals surface area contributed by atoms with E-state index in [2.05, 4.69) is 74.5 Å². The van der Waals surface area contributed by atoms with Crippen LogP contribution in [0.2, 0.25) is 0 Å². The van der Waals surface area contributed by atoms with E-state index in [0.29, 0.717) is 12.8 Å². The molecule has 4 atom stereocenters. The molecule has 0 radical (unpaired) electrons. The molecule has 31 heavy (non-hydrogen) atoms. The molecule has 7 rings (SSSR count). The zero-order chi connectivity index (χ0) is 21.5. The Morgan fingerprint density at radius 3 is 1.94 bits per heavy atom. The number of carbonyl (C=O) groups is 2. The lowest BCUT2D eigenvalue weighted by atomic mass is 9.92. The Morgan fingerprint density at radius 1 is 0.742 bits per heavy atom. The number of fused-ring (bicyclic) bond motifs is 6. The number of benzene rings is 2.